The molecule has 0 bridgehead atoms. The van der Waals surface area contributed by atoms with E-state index in [1.165, 1.54) is 26.4 Å². The molecule has 1 fully saturated rings. The van der Waals surface area contributed by atoms with Gasteiger partial charge in [-0.05, 0) is 26.2 Å². The van der Waals surface area contributed by atoms with Gasteiger partial charge < -0.3 is 14.8 Å². The first-order valence-corrected chi connectivity index (χ1v) is 5.20. The van der Waals surface area contributed by atoms with E-state index in [0.717, 1.165) is 13.2 Å². The number of hydrogen-bond acceptors (Lipinski definition) is 3. The summed E-state index contributed by atoms with van der Waals surface area (Å²) in [5.74, 6) is 0. The van der Waals surface area contributed by atoms with E-state index in [1.54, 1.807) is 0 Å². The SMILES string of the molecule is C1CCOCC1.C=C.CCNC(=O)OC. The monoisotopic (exact) mass is 217 g/mol. The first-order chi connectivity index (χ1) is 7.31. The molecule has 1 rings (SSSR count). The zero-order valence-corrected chi connectivity index (χ0v) is 9.88. The molecule has 1 amide bonds. The van der Waals surface area contributed by atoms with Gasteiger partial charge >= 0.3 is 6.09 Å². The standard InChI is InChI=1S/C5H10O.C4H9NO2.C2H4/c1-2-4-6-5-3-1;1-3-5-4(6)7-2;1-2/h1-5H2;3H2,1-2H3,(H,5,6);1-2H2. The van der Waals surface area contributed by atoms with Gasteiger partial charge in [0.05, 0.1) is 7.11 Å². The van der Waals surface area contributed by atoms with Gasteiger partial charge in [0.25, 0.3) is 0 Å². The first kappa shape index (κ1) is 16.4. The van der Waals surface area contributed by atoms with E-state index in [9.17, 15) is 4.79 Å². The van der Waals surface area contributed by atoms with Crippen LogP contribution in [0.1, 0.15) is 26.2 Å². The molecule has 0 aromatic carbocycles. The molecule has 1 aliphatic rings. The molecule has 0 atom stereocenters. The number of alkyl carbamates (subject to hydrolysis) is 1. The molecule has 0 radical (unpaired) electrons. The van der Waals surface area contributed by atoms with Crippen LogP contribution in [0.15, 0.2) is 13.2 Å². The summed E-state index contributed by atoms with van der Waals surface area (Å²) in [5.41, 5.74) is 0. The highest BCUT2D eigenvalue weighted by molar-refractivity contribution is 5.66. The number of hydrogen-bond donors (Lipinski definition) is 1. The summed E-state index contributed by atoms with van der Waals surface area (Å²) in [5, 5.41) is 2.43. The maximum absolute atomic E-state index is 10.1. The Balaban J connectivity index is 0. The fourth-order valence-corrected chi connectivity index (χ4v) is 0.904. The maximum atomic E-state index is 10.1. The topological polar surface area (TPSA) is 47.6 Å². The zero-order valence-electron chi connectivity index (χ0n) is 9.88. The smallest absolute Gasteiger partial charge is 0.406 e. The van der Waals surface area contributed by atoms with E-state index in [-0.39, 0.29) is 6.09 Å². The van der Waals surface area contributed by atoms with Crippen LogP contribution in [0.2, 0.25) is 0 Å². The van der Waals surface area contributed by atoms with E-state index in [1.807, 2.05) is 6.92 Å². The number of carbonyl (C=O) groups excluding carboxylic acids is 1. The number of carbonyl (C=O) groups is 1. The van der Waals surface area contributed by atoms with Crippen LogP contribution in [0.25, 0.3) is 0 Å². The quantitative estimate of drug-likeness (QED) is 0.686. The predicted octanol–water partition coefficient (Wildman–Crippen LogP) is 2.35. The van der Waals surface area contributed by atoms with Crippen molar-refractivity contribution in [2.45, 2.75) is 26.2 Å². The molecule has 0 aromatic heterocycles. The highest BCUT2D eigenvalue weighted by Crippen LogP contribution is 2.02. The summed E-state index contributed by atoms with van der Waals surface area (Å²) in [4.78, 5) is 10.1. The van der Waals surface area contributed by atoms with Crippen molar-refractivity contribution in [3.63, 3.8) is 0 Å². The normalized spacial score (nSPS) is 13.5. The molecule has 0 aliphatic carbocycles. The van der Waals surface area contributed by atoms with Crippen LogP contribution in [-0.4, -0.2) is 33.0 Å². The van der Waals surface area contributed by atoms with Crippen LogP contribution in [0, 0.1) is 0 Å². The molecule has 0 saturated carbocycles. The summed E-state index contributed by atoms with van der Waals surface area (Å²) in [7, 11) is 1.34. The molecule has 4 nitrogen and oxygen atoms in total. The highest BCUT2D eigenvalue weighted by Gasteiger charge is 1.95. The van der Waals surface area contributed by atoms with Crippen molar-refractivity contribution in [1.29, 1.82) is 0 Å². The van der Waals surface area contributed by atoms with Gasteiger partial charge in [0, 0.05) is 19.8 Å². The van der Waals surface area contributed by atoms with E-state index in [0.29, 0.717) is 6.54 Å². The van der Waals surface area contributed by atoms with Gasteiger partial charge in [-0.25, -0.2) is 4.79 Å². The minimum Gasteiger partial charge on any atom is -0.453 e. The number of rotatable bonds is 1. The molecule has 0 aromatic rings. The second-order valence-corrected chi connectivity index (χ2v) is 2.69. The van der Waals surface area contributed by atoms with Gasteiger partial charge in [0.2, 0.25) is 0 Å². The average Bonchev–Trinajstić information content (AvgIpc) is 2.35. The van der Waals surface area contributed by atoms with Crippen LogP contribution in [0.3, 0.4) is 0 Å². The van der Waals surface area contributed by atoms with Crippen molar-refractivity contribution in [3.8, 4) is 0 Å². The Morgan fingerprint density at radius 3 is 2.00 bits per heavy atom. The number of ether oxygens (including phenoxy) is 2. The molecule has 4 heteroatoms. The minimum atomic E-state index is -0.373. The van der Waals surface area contributed by atoms with Gasteiger partial charge in [-0.1, -0.05) is 0 Å². The molecule has 1 saturated heterocycles. The summed E-state index contributed by atoms with van der Waals surface area (Å²) in [6.45, 7) is 10.4. The molecule has 90 valence electrons. The Hall–Kier alpha value is -1.03. The molecule has 15 heavy (non-hydrogen) atoms. The number of methoxy groups -OCH3 is 1. The predicted molar refractivity (Wildman–Crippen MR) is 62.0 cm³/mol. The van der Waals surface area contributed by atoms with Crippen molar-refractivity contribution < 1.29 is 14.3 Å². The second-order valence-electron chi connectivity index (χ2n) is 2.69. The highest BCUT2D eigenvalue weighted by atomic mass is 16.5. The Labute approximate surface area is 92.6 Å². The summed E-state index contributed by atoms with van der Waals surface area (Å²) >= 11 is 0. The van der Waals surface area contributed by atoms with Crippen LogP contribution in [0.4, 0.5) is 4.79 Å². The third-order valence-electron chi connectivity index (χ3n) is 1.58. The largest absolute Gasteiger partial charge is 0.453 e. The van der Waals surface area contributed by atoms with Crippen molar-refractivity contribution in [3.05, 3.63) is 13.2 Å². The van der Waals surface area contributed by atoms with Gasteiger partial charge in [0.1, 0.15) is 0 Å². The third-order valence-corrected chi connectivity index (χ3v) is 1.58. The molecular weight excluding hydrogens is 194 g/mol. The summed E-state index contributed by atoms with van der Waals surface area (Å²) in [6, 6.07) is 0. The lowest BCUT2D eigenvalue weighted by atomic mass is 10.2. The fourth-order valence-electron chi connectivity index (χ4n) is 0.904. The molecular formula is C11H23NO3. The second kappa shape index (κ2) is 15.4. The maximum Gasteiger partial charge on any atom is 0.406 e. The minimum absolute atomic E-state index is 0.373. The van der Waals surface area contributed by atoms with Crippen molar-refractivity contribution in [2.24, 2.45) is 0 Å². The van der Waals surface area contributed by atoms with E-state index < -0.39 is 0 Å². The molecule has 1 heterocycles. The number of amides is 1. The zero-order chi connectivity index (χ0) is 11.9. The molecule has 1 N–H and O–H groups in total. The van der Waals surface area contributed by atoms with Gasteiger partial charge in [-0.3, -0.25) is 0 Å². The van der Waals surface area contributed by atoms with Crippen molar-refractivity contribution in [1.82, 2.24) is 5.32 Å². The average molecular weight is 217 g/mol. The van der Waals surface area contributed by atoms with E-state index in [2.05, 4.69) is 23.2 Å². The Morgan fingerprint density at radius 1 is 1.33 bits per heavy atom. The van der Waals surface area contributed by atoms with Gasteiger partial charge in [-0.2, -0.15) is 0 Å². The van der Waals surface area contributed by atoms with Crippen LogP contribution in [-0.2, 0) is 9.47 Å². The van der Waals surface area contributed by atoms with Crippen LogP contribution in [0.5, 0.6) is 0 Å². The third kappa shape index (κ3) is 15.7. The van der Waals surface area contributed by atoms with Crippen LogP contribution >= 0.6 is 0 Å². The van der Waals surface area contributed by atoms with Gasteiger partial charge in [-0.15, -0.1) is 13.2 Å². The Bertz CT molecular complexity index is 124. The van der Waals surface area contributed by atoms with Crippen molar-refractivity contribution in [2.75, 3.05) is 26.9 Å². The van der Waals surface area contributed by atoms with E-state index in [4.69, 9.17) is 4.74 Å². The number of nitrogens with one attached hydrogen (secondary N) is 1. The molecule has 0 spiro atoms. The summed E-state index contributed by atoms with van der Waals surface area (Å²) in [6.07, 6.45) is 3.56. The van der Waals surface area contributed by atoms with Crippen molar-refractivity contribution >= 4 is 6.09 Å². The molecule has 0 unspecified atom stereocenters. The summed E-state index contributed by atoms with van der Waals surface area (Å²) < 4.78 is 9.31. The lowest BCUT2D eigenvalue weighted by Gasteiger charge is -2.08. The Kier molecular flexibility index (Phi) is 16.9. The van der Waals surface area contributed by atoms with E-state index >= 15 is 0 Å². The Morgan fingerprint density at radius 2 is 1.87 bits per heavy atom. The van der Waals surface area contributed by atoms with Gasteiger partial charge in [0.15, 0.2) is 0 Å². The lowest BCUT2D eigenvalue weighted by Crippen LogP contribution is -2.21. The fraction of sp³-hybridized carbons (Fsp3) is 0.727. The molecule has 1 aliphatic heterocycles. The lowest BCUT2D eigenvalue weighted by molar-refractivity contribution is 0.0968. The van der Waals surface area contributed by atoms with Crippen LogP contribution < -0.4 is 5.32 Å². The first-order valence-electron chi connectivity index (χ1n) is 5.20.